The molecule has 2 aromatic rings. The molecule has 0 aromatic heterocycles. The lowest BCUT2D eigenvalue weighted by Gasteiger charge is -2.28. The Morgan fingerprint density at radius 1 is 1.25 bits per heavy atom. The van der Waals surface area contributed by atoms with Gasteiger partial charge in [0, 0.05) is 22.7 Å². The van der Waals surface area contributed by atoms with Gasteiger partial charge in [-0.15, -0.1) is 0 Å². The topological polar surface area (TPSA) is 54.5 Å². The molecule has 2 aromatic carbocycles. The first-order valence-corrected chi connectivity index (χ1v) is 11.1. The van der Waals surface area contributed by atoms with Gasteiger partial charge >= 0.3 is 0 Å². The van der Waals surface area contributed by atoms with Crippen molar-refractivity contribution in [2.45, 2.75) is 25.9 Å². The zero-order chi connectivity index (χ0) is 20.3. The average molecular weight is 422 g/mol. The Balaban J connectivity index is 1.87. The molecule has 1 aliphatic rings. The Bertz CT molecular complexity index is 983. The molecule has 1 unspecified atom stereocenters. The summed E-state index contributed by atoms with van der Waals surface area (Å²) in [6.07, 6.45) is 3.39. The van der Waals surface area contributed by atoms with Gasteiger partial charge in [-0.2, -0.15) is 0 Å². The van der Waals surface area contributed by atoms with Crippen molar-refractivity contribution in [3.05, 3.63) is 76.1 Å². The first-order chi connectivity index (χ1) is 13.2. The first-order valence-electron chi connectivity index (χ1n) is 8.94. The van der Waals surface area contributed by atoms with Crippen molar-refractivity contribution in [1.29, 1.82) is 0 Å². The Labute approximate surface area is 169 Å². The molecule has 0 N–H and O–H groups in total. The largest absolute Gasteiger partial charge is 0.331 e. The van der Waals surface area contributed by atoms with Gasteiger partial charge in [-0.1, -0.05) is 47.5 Å². The molecular weight excluding hydrogens is 401 g/mol. The molecule has 1 atom stereocenters. The molecule has 1 amide bonds. The summed E-state index contributed by atoms with van der Waals surface area (Å²) in [5, 5.41) is 0.209. The van der Waals surface area contributed by atoms with Gasteiger partial charge in [-0.3, -0.25) is 4.79 Å². The monoisotopic (exact) mass is 421 g/mol. The second-order valence-electron chi connectivity index (χ2n) is 6.97. The first kappa shape index (κ1) is 20.6. The second-order valence-corrected chi connectivity index (χ2v) is 9.60. The maximum absolute atomic E-state index is 14.2. The number of benzene rings is 2. The highest BCUT2D eigenvalue weighted by Crippen LogP contribution is 2.25. The fourth-order valence-corrected chi connectivity index (χ4v) is 5.16. The van der Waals surface area contributed by atoms with E-state index < -0.39 is 21.7 Å². The SMILES string of the molecule is Cc1ccc(/C=C/C(=O)N(Cc2c(F)cccc2Cl)C2CCS(=O)(=O)C2)cc1. The summed E-state index contributed by atoms with van der Waals surface area (Å²) >= 11 is 6.11. The van der Waals surface area contributed by atoms with E-state index in [-0.39, 0.29) is 34.5 Å². The third-order valence-corrected chi connectivity index (χ3v) is 6.92. The molecule has 1 aliphatic heterocycles. The summed E-state index contributed by atoms with van der Waals surface area (Å²) in [5.74, 6) is -0.993. The van der Waals surface area contributed by atoms with E-state index in [0.717, 1.165) is 11.1 Å². The van der Waals surface area contributed by atoms with Gasteiger partial charge in [0.1, 0.15) is 5.82 Å². The van der Waals surface area contributed by atoms with Crippen LogP contribution in [-0.2, 0) is 21.2 Å². The number of sulfone groups is 1. The van der Waals surface area contributed by atoms with E-state index in [4.69, 9.17) is 11.6 Å². The zero-order valence-corrected chi connectivity index (χ0v) is 17.0. The van der Waals surface area contributed by atoms with Crippen LogP contribution in [0.4, 0.5) is 4.39 Å². The molecule has 0 bridgehead atoms. The lowest BCUT2D eigenvalue weighted by molar-refractivity contribution is -0.128. The van der Waals surface area contributed by atoms with Crippen LogP contribution >= 0.6 is 11.6 Å². The molecule has 0 spiro atoms. The summed E-state index contributed by atoms with van der Waals surface area (Å²) in [7, 11) is -3.20. The highest BCUT2D eigenvalue weighted by Gasteiger charge is 2.34. The Morgan fingerprint density at radius 3 is 2.57 bits per heavy atom. The number of nitrogens with zero attached hydrogens (tertiary/aromatic N) is 1. The fraction of sp³-hybridized carbons (Fsp3) is 0.286. The molecule has 0 saturated carbocycles. The molecule has 0 aliphatic carbocycles. The van der Waals surface area contributed by atoms with E-state index in [1.807, 2.05) is 31.2 Å². The molecule has 148 valence electrons. The van der Waals surface area contributed by atoms with Crippen molar-refractivity contribution in [2.75, 3.05) is 11.5 Å². The number of hydrogen-bond donors (Lipinski definition) is 0. The Morgan fingerprint density at radius 2 is 1.96 bits per heavy atom. The summed E-state index contributed by atoms with van der Waals surface area (Å²) in [6.45, 7) is 1.89. The van der Waals surface area contributed by atoms with Gasteiger partial charge in [0.05, 0.1) is 18.1 Å². The highest BCUT2D eigenvalue weighted by molar-refractivity contribution is 7.91. The predicted octanol–water partition coefficient (Wildman–Crippen LogP) is 4.02. The van der Waals surface area contributed by atoms with E-state index in [2.05, 4.69) is 0 Å². The van der Waals surface area contributed by atoms with Crippen molar-refractivity contribution in [1.82, 2.24) is 4.90 Å². The van der Waals surface area contributed by atoms with Crippen molar-refractivity contribution < 1.29 is 17.6 Å². The summed E-state index contributed by atoms with van der Waals surface area (Å²) in [5.41, 5.74) is 2.14. The van der Waals surface area contributed by atoms with Crippen LogP contribution in [0.15, 0.2) is 48.5 Å². The molecule has 4 nitrogen and oxygen atoms in total. The normalized spacial score (nSPS) is 18.5. The van der Waals surface area contributed by atoms with E-state index in [1.165, 1.54) is 23.1 Å². The molecule has 28 heavy (non-hydrogen) atoms. The van der Waals surface area contributed by atoms with Crippen LogP contribution in [0.5, 0.6) is 0 Å². The molecule has 1 heterocycles. The maximum atomic E-state index is 14.2. The molecule has 3 rings (SSSR count). The number of carbonyl (C=O) groups excluding carboxylic acids is 1. The Hall–Kier alpha value is -2.18. The van der Waals surface area contributed by atoms with E-state index in [9.17, 15) is 17.6 Å². The molecular formula is C21H21ClFNO3S. The summed E-state index contributed by atoms with van der Waals surface area (Å²) < 4.78 is 38.1. The number of hydrogen-bond acceptors (Lipinski definition) is 3. The lowest BCUT2D eigenvalue weighted by atomic mass is 10.1. The standard InChI is InChI=1S/C21H21ClFNO3S/c1-15-5-7-16(8-6-15)9-10-21(25)24(17-11-12-28(26,27)14-17)13-18-19(22)3-2-4-20(18)23/h2-10,17H,11-14H2,1H3/b10-9+. The molecule has 1 saturated heterocycles. The third-order valence-electron chi connectivity index (χ3n) is 4.82. The zero-order valence-electron chi connectivity index (χ0n) is 15.4. The van der Waals surface area contributed by atoms with Gasteiger partial charge < -0.3 is 4.90 Å². The van der Waals surface area contributed by atoms with Gasteiger partial charge in [-0.25, -0.2) is 12.8 Å². The average Bonchev–Trinajstić information content (AvgIpc) is 3.00. The number of aryl methyl sites for hydroxylation is 1. The van der Waals surface area contributed by atoms with Crippen LogP contribution in [0.2, 0.25) is 5.02 Å². The van der Waals surface area contributed by atoms with Crippen LogP contribution in [0.3, 0.4) is 0 Å². The molecule has 0 radical (unpaired) electrons. The van der Waals surface area contributed by atoms with Crippen molar-refractivity contribution >= 4 is 33.4 Å². The van der Waals surface area contributed by atoms with Crippen LogP contribution in [0.25, 0.3) is 6.08 Å². The van der Waals surface area contributed by atoms with Crippen molar-refractivity contribution in [3.8, 4) is 0 Å². The lowest BCUT2D eigenvalue weighted by Crippen LogP contribution is -2.40. The summed E-state index contributed by atoms with van der Waals surface area (Å²) in [4.78, 5) is 14.3. The smallest absolute Gasteiger partial charge is 0.247 e. The van der Waals surface area contributed by atoms with Crippen LogP contribution in [0.1, 0.15) is 23.1 Å². The minimum absolute atomic E-state index is 0.0220. The minimum atomic E-state index is -3.20. The van der Waals surface area contributed by atoms with E-state index in [0.29, 0.717) is 6.42 Å². The van der Waals surface area contributed by atoms with Crippen LogP contribution in [-0.4, -0.2) is 36.8 Å². The Kier molecular flexibility index (Phi) is 6.20. The minimum Gasteiger partial charge on any atom is -0.331 e. The van der Waals surface area contributed by atoms with E-state index >= 15 is 0 Å². The van der Waals surface area contributed by atoms with Crippen LogP contribution in [0, 0.1) is 12.7 Å². The maximum Gasteiger partial charge on any atom is 0.247 e. The summed E-state index contributed by atoms with van der Waals surface area (Å²) in [6, 6.07) is 11.5. The second kappa shape index (κ2) is 8.45. The van der Waals surface area contributed by atoms with Crippen molar-refractivity contribution in [3.63, 3.8) is 0 Å². The molecule has 7 heteroatoms. The fourth-order valence-electron chi connectivity index (χ4n) is 3.20. The van der Waals surface area contributed by atoms with Crippen molar-refractivity contribution in [2.24, 2.45) is 0 Å². The van der Waals surface area contributed by atoms with E-state index in [1.54, 1.807) is 12.1 Å². The predicted molar refractivity (Wildman–Crippen MR) is 109 cm³/mol. The number of halogens is 2. The van der Waals surface area contributed by atoms with Gasteiger partial charge in [0.15, 0.2) is 9.84 Å². The van der Waals surface area contributed by atoms with Crippen LogP contribution < -0.4 is 0 Å². The quantitative estimate of drug-likeness (QED) is 0.685. The van der Waals surface area contributed by atoms with Gasteiger partial charge in [0.25, 0.3) is 0 Å². The number of rotatable bonds is 5. The molecule has 1 fully saturated rings. The van der Waals surface area contributed by atoms with Gasteiger partial charge in [0.2, 0.25) is 5.91 Å². The van der Waals surface area contributed by atoms with Gasteiger partial charge in [-0.05, 0) is 37.1 Å². The number of carbonyl (C=O) groups is 1. The third kappa shape index (κ3) is 5.00. The number of amides is 1. The highest BCUT2D eigenvalue weighted by atomic mass is 35.5.